The van der Waals surface area contributed by atoms with Crippen LogP contribution < -0.4 is 0 Å². The molecule has 0 saturated carbocycles. The van der Waals surface area contributed by atoms with Gasteiger partial charge in [-0.3, -0.25) is 4.99 Å². The Balaban J connectivity index is 1.28. The van der Waals surface area contributed by atoms with E-state index in [2.05, 4.69) is 187 Å². The molecule has 0 radical (unpaired) electrons. The van der Waals surface area contributed by atoms with Crippen LogP contribution in [0.15, 0.2) is 169 Å². The zero-order chi connectivity index (χ0) is 38.1. The average molecular weight is 732 g/mol. The fourth-order valence-electron chi connectivity index (χ4n) is 7.85. The Morgan fingerprint density at radius 3 is 1.18 bits per heavy atom. The van der Waals surface area contributed by atoms with Gasteiger partial charge in [0.2, 0.25) is 0 Å². The highest BCUT2D eigenvalue weighted by atomic mass is 14.8. The molecule has 2 N–H and O–H groups in total. The lowest BCUT2D eigenvalue weighted by molar-refractivity contribution is 1.31. The molecular formula is C52H37N5. The number of benzene rings is 5. The predicted molar refractivity (Wildman–Crippen MR) is 239 cm³/mol. The van der Waals surface area contributed by atoms with Crippen LogP contribution in [0.5, 0.6) is 0 Å². The summed E-state index contributed by atoms with van der Waals surface area (Å²) in [5.74, 6) is 0. The maximum absolute atomic E-state index is 5.43. The van der Waals surface area contributed by atoms with Gasteiger partial charge in [0.05, 0.1) is 28.5 Å². The number of nitrogens with one attached hydrogen (secondary N) is 2. The molecule has 0 amide bonds. The molecule has 0 aliphatic carbocycles. The number of hydrogen-bond acceptors (Lipinski definition) is 3. The van der Waals surface area contributed by atoms with E-state index in [4.69, 9.17) is 15.0 Å². The first kappa shape index (κ1) is 33.9. The van der Waals surface area contributed by atoms with Crippen molar-refractivity contribution in [2.45, 2.75) is 6.92 Å². The summed E-state index contributed by atoms with van der Waals surface area (Å²) in [6.07, 6.45) is 10.5. The van der Waals surface area contributed by atoms with Crippen LogP contribution in [0.4, 0.5) is 5.69 Å². The summed E-state index contributed by atoms with van der Waals surface area (Å²) in [4.78, 5) is 23.3. The number of aliphatic imine (C=N–C) groups is 1. The smallest absolute Gasteiger partial charge is 0.0737 e. The van der Waals surface area contributed by atoms with Gasteiger partial charge in [-0.25, -0.2) is 9.97 Å². The van der Waals surface area contributed by atoms with E-state index in [-0.39, 0.29) is 0 Å². The Kier molecular flexibility index (Phi) is 8.65. The number of aryl methyl sites for hydroxylation is 1. The van der Waals surface area contributed by atoms with E-state index in [9.17, 15) is 0 Å². The molecule has 3 aromatic heterocycles. The summed E-state index contributed by atoms with van der Waals surface area (Å²) in [5.41, 5.74) is 18.9. The van der Waals surface area contributed by atoms with Gasteiger partial charge in [0, 0.05) is 50.5 Å². The molecule has 270 valence electrons. The third kappa shape index (κ3) is 6.62. The monoisotopic (exact) mass is 731 g/mol. The summed E-state index contributed by atoms with van der Waals surface area (Å²) >= 11 is 0. The summed E-state index contributed by atoms with van der Waals surface area (Å²) in [5, 5.41) is 0. The lowest BCUT2D eigenvalue weighted by atomic mass is 10.0. The Bertz CT molecular complexity index is 3000. The van der Waals surface area contributed by atoms with Crippen LogP contribution in [0.2, 0.25) is 0 Å². The van der Waals surface area contributed by atoms with E-state index >= 15 is 0 Å². The van der Waals surface area contributed by atoms with Crippen molar-refractivity contribution in [2.24, 2.45) is 4.99 Å². The molecule has 5 heterocycles. The summed E-state index contributed by atoms with van der Waals surface area (Å²) in [6.45, 7) is 2.10. The quantitative estimate of drug-likeness (QED) is 0.167. The Labute approximate surface area is 331 Å². The molecule has 0 atom stereocenters. The largest absolute Gasteiger partial charge is 0.354 e. The molecule has 0 fully saturated rings. The Hall–Kier alpha value is -7.63. The van der Waals surface area contributed by atoms with E-state index in [1.807, 2.05) is 24.4 Å². The Morgan fingerprint density at radius 1 is 0.404 bits per heavy atom. The highest BCUT2D eigenvalue weighted by Gasteiger charge is 2.18. The molecule has 8 bridgehead atoms. The van der Waals surface area contributed by atoms with E-state index in [1.165, 1.54) is 5.56 Å². The highest BCUT2D eigenvalue weighted by Crippen LogP contribution is 2.38. The maximum atomic E-state index is 5.43. The van der Waals surface area contributed by atoms with Crippen LogP contribution in [0.25, 0.3) is 90.9 Å². The second kappa shape index (κ2) is 14.5. The van der Waals surface area contributed by atoms with E-state index in [0.29, 0.717) is 0 Å². The highest BCUT2D eigenvalue weighted by molar-refractivity contribution is 6.00. The van der Waals surface area contributed by atoms with Crippen LogP contribution in [0.3, 0.4) is 0 Å². The first-order valence-electron chi connectivity index (χ1n) is 19.2. The topological polar surface area (TPSA) is 69.7 Å². The van der Waals surface area contributed by atoms with Crippen molar-refractivity contribution in [2.75, 3.05) is 0 Å². The number of aromatic nitrogens is 4. The van der Waals surface area contributed by atoms with Crippen molar-refractivity contribution >= 4 is 58.3 Å². The van der Waals surface area contributed by atoms with E-state index < -0.39 is 0 Å². The third-order valence-electron chi connectivity index (χ3n) is 10.5. The number of hydrogen-bond donors (Lipinski definition) is 2. The van der Waals surface area contributed by atoms with Crippen LogP contribution in [0, 0.1) is 6.92 Å². The number of fused-ring (bicyclic) bond motifs is 8. The minimum Gasteiger partial charge on any atom is -0.354 e. The fraction of sp³-hybridized carbons (Fsp3) is 0.0192. The maximum Gasteiger partial charge on any atom is 0.0737 e. The van der Waals surface area contributed by atoms with Gasteiger partial charge in [0.1, 0.15) is 0 Å². The SMILES string of the molecule is Cc1cccc(C=Nc2ccc(-c3c4nc(c(-c5ccccc5)c5ccc([nH]5)c(-c5ccccc5)c5nc(c(-c6ccccc6)c6ccc3[nH]6)C=C5)C=C4)cc2)c1. The zero-order valence-electron chi connectivity index (χ0n) is 31.3. The van der Waals surface area contributed by atoms with Crippen LogP contribution >= 0.6 is 0 Å². The molecule has 10 rings (SSSR count). The lowest BCUT2D eigenvalue weighted by Crippen LogP contribution is -1.89. The van der Waals surface area contributed by atoms with Crippen LogP contribution in [-0.2, 0) is 0 Å². The first-order valence-corrected chi connectivity index (χ1v) is 19.2. The molecular weight excluding hydrogens is 695 g/mol. The van der Waals surface area contributed by atoms with Gasteiger partial charge in [-0.2, -0.15) is 0 Å². The molecule has 0 spiro atoms. The number of H-pyrrole nitrogens is 2. The molecule has 2 aliphatic rings. The number of nitrogens with zero attached hydrogens (tertiary/aromatic N) is 3. The molecule has 5 nitrogen and oxygen atoms in total. The summed E-state index contributed by atoms with van der Waals surface area (Å²) in [7, 11) is 0. The third-order valence-corrected chi connectivity index (χ3v) is 10.5. The Morgan fingerprint density at radius 2 is 0.789 bits per heavy atom. The lowest BCUT2D eigenvalue weighted by Gasteiger charge is -2.07. The van der Waals surface area contributed by atoms with Crippen molar-refractivity contribution in [1.82, 2.24) is 19.9 Å². The molecule has 8 aromatic rings. The molecule has 5 heteroatoms. The molecule has 5 aromatic carbocycles. The van der Waals surface area contributed by atoms with Crippen molar-refractivity contribution in [1.29, 1.82) is 0 Å². The number of rotatable bonds is 6. The molecule has 0 unspecified atom stereocenters. The normalized spacial score (nSPS) is 12.1. The van der Waals surface area contributed by atoms with Gasteiger partial charge in [0.25, 0.3) is 0 Å². The minimum atomic E-state index is 0.869. The second-order valence-corrected chi connectivity index (χ2v) is 14.3. The zero-order valence-corrected chi connectivity index (χ0v) is 31.3. The second-order valence-electron chi connectivity index (χ2n) is 14.3. The van der Waals surface area contributed by atoms with E-state index in [1.54, 1.807) is 0 Å². The van der Waals surface area contributed by atoms with Gasteiger partial charge >= 0.3 is 0 Å². The van der Waals surface area contributed by atoms with Gasteiger partial charge in [-0.05, 0) is 95.4 Å². The minimum absolute atomic E-state index is 0.869. The van der Waals surface area contributed by atoms with Gasteiger partial charge in [0.15, 0.2) is 0 Å². The van der Waals surface area contributed by atoms with Gasteiger partial charge < -0.3 is 9.97 Å². The van der Waals surface area contributed by atoms with Gasteiger partial charge in [-0.15, -0.1) is 0 Å². The first-order chi connectivity index (χ1) is 28.1. The fourth-order valence-corrected chi connectivity index (χ4v) is 7.85. The van der Waals surface area contributed by atoms with Crippen molar-refractivity contribution in [3.05, 3.63) is 198 Å². The predicted octanol–water partition coefficient (Wildman–Crippen LogP) is 13.4. The van der Waals surface area contributed by atoms with Crippen molar-refractivity contribution in [3.63, 3.8) is 0 Å². The molecule has 2 aliphatic heterocycles. The van der Waals surface area contributed by atoms with Crippen LogP contribution in [-0.4, -0.2) is 26.2 Å². The van der Waals surface area contributed by atoms with Crippen LogP contribution in [0.1, 0.15) is 33.9 Å². The summed E-state index contributed by atoms with van der Waals surface area (Å²) < 4.78 is 0. The van der Waals surface area contributed by atoms with E-state index in [0.717, 1.165) is 101 Å². The standard InChI is InChI=1S/C52H37N5/c1-34-12-11-13-35(32-34)33-53-40-22-20-39(21-23-40)52-47-30-28-45(56-47)50(37-16-7-3-8-17-37)43-26-24-41(54-43)49(36-14-5-2-6-15-36)42-25-27-44(55-42)51(38-18-9-4-10-19-38)46-29-31-48(52)57-46/h2-33,54,57H,1H3. The van der Waals surface area contributed by atoms with Crippen molar-refractivity contribution in [3.8, 4) is 44.5 Å². The van der Waals surface area contributed by atoms with Gasteiger partial charge in [-0.1, -0.05) is 133 Å². The van der Waals surface area contributed by atoms with Crippen molar-refractivity contribution < 1.29 is 0 Å². The number of aromatic amines is 2. The molecule has 57 heavy (non-hydrogen) atoms. The average Bonchev–Trinajstić information content (AvgIpc) is 4.10. The molecule has 0 saturated heterocycles. The summed E-state index contributed by atoms with van der Waals surface area (Å²) in [6, 6.07) is 56.9.